The fourth-order valence-electron chi connectivity index (χ4n) is 7.66. The molecule has 0 bridgehead atoms. The van der Waals surface area contributed by atoms with Gasteiger partial charge in [0, 0.05) is 64.9 Å². The maximum atomic E-state index is 15.1. The van der Waals surface area contributed by atoms with Crippen LogP contribution in [0.4, 0.5) is 0 Å². The van der Waals surface area contributed by atoms with E-state index in [0.717, 1.165) is 41.5 Å². The number of rotatable bonds is 8. The lowest BCUT2D eigenvalue weighted by Crippen LogP contribution is -2.60. The number of epoxide rings is 1. The summed E-state index contributed by atoms with van der Waals surface area (Å²) in [5.41, 5.74) is -5.92. The number of hydrogen-bond acceptors (Lipinski definition) is 16. The summed E-state index contributed by atoms with van der Waals surface area (Å²) in [5.74, 6) is -10.7. The quantitative estimate of drug-likeness (QED) is 0.151. The van der Waals surface area contributed by atoms with Crippen LogP contribution in [0.5, 0.6) is 0 Å². The molecule has 0 aromatic carbocycles. The molecule has 16 nitrogen and oxygen atoms in total. The van der Waals surface area contributed by atoms with E-state index in [9.17, 15) is 33.6 Å². The third kappa shape index (κ3) is 8.48. The molecule has 16 heteroatoms. The fourth-order valence-corrected chi connectivity index (χ4v) is 7.66. The van der Waals surface area contributed by atoms with Gasteiger partial charge in [-0.3, -0.25) is 38.4 Å². The van der Waals surface area contributed by atoms with Crippen LogP contribution < -0.4 is 0 Å². The number of carbonyl (C=O) groups excluding carboxylic acids is 8. The van der Waals surface area contributed by atoms with E-state index in [-0.39, 0.29) is 5.57 Å². The zero-order valence-electron chi connectivity index (χ0n) is 31.7. The Balaban J connectivity index is 2.58. The average molecular weight is 739 g/mol. The zero-order chi connectivity index (χ0) is 39.8. The van der Waals surface area contributed by atoms with Crippen LogP contribution in [-0.4, -0.2) is 101 Å². The van der Waals surface area contributed by atoms with Gasteiger partial charge in [0.1, 0.15) is 6.10 Å². The van der Waals surface area contributed by atoms with E-state index in [1.807, 2.05) is 0 Å². The van der Waals surface area contributed by atoms with Crippen LogP contribution in [0.3, 0.4) is 0 Å². The zero-order valence-corrected chi connectivity index (χ0v) is 31.7. The molecule has 0 N–H and O–H groups in total. The average Bonchev–Trinajstić information content (AvgIpc) is 3.76. The smallest absolute Gasteiger partial charge is 0.309 e. The Morgan fingerprint density at radius 2 is 1.21 bits per heavy atom. The molecule has 0 amide bonds. The highest BCUT2D eigenvalue weighted by Crippen LogP contribution is 2.56. The lowest BCUT2D eigenvalue weighted by molar-refractivity contribution is -0.199. The molecule has 290 valence electrons. The summed E-state index contributed by atoms with van der Waals surface area (Å²) in [6, 6.07) is 0. The molecule has 0 aromatic rings. The van der Waals surface area contributed by atoms with Gasteiger partial charge >= 0.3 is 41.8 Å². The second kappa shape index (κ2) is 15.3. The number of esters is 7. The molecule has 2 aliphatic carbocycles. The third-order valence-corrected chi connectivity index (χ3v) is 9.65. The van der Waals surface area contributed by atoms with Crippen LogP contribution in [0, 0.1) is 23.2 Å². The normalized spacial score (nSPS) is 35.3. The number of Topliss-reactive ketones (excluding diaryl/α,β-unsaturated/α-hetero) is 1. The minimum atomic E-state index is -2.38. The number of carbonyl (C=O) groups is 8. The Morgan fingerprint density at radius 1 is 0.712 bits per heavy atom. The van der Waals surface area contributed by atoms with Crippen molar-refractivity contribution in [3.8, 4) is 0 Å². The van der Waals surface area contributed by atoms with Crippen molar-refractivity contribution < 1.29 is 76.3 Å². The number of fused-ring (bicyclic) bond motifs is 2. The van der Waals surface area contributed by atoms with E-state index in [4.69, 9.17) is 37.9 Å². The first-order valence-corrected chi connectivity index (χ1v) is 17.0. The third-order valence-electron chi connectivity index (χ3n) is 9.65. The molecule has 0 spiro atoms. The van der Waals surface area contributed by atoms with E-state index in [2.05, 4.69) is 6.58 Å². The van der Waals surface area contributed by atoms with Crippen LogP contribution in [0.15, 0.2) is 12.2 Å². The molecule has 1 heterocycles. The molecule has 3 fully saturated rings. The summed E-state index contributed by atoms with van der Waals surface area (Å²) in [6.07, 6.45) is -10.9. The number of ketones is 1. The SMILES string of the molecule is C=C1[C@H](OC(=O)C(C)C)[C@@H](OC(C)=O)[C@@H](OC(C)=O)C(C)(C)C2O[C@H]2[C@@H](C)C(=O)[C@@]2(OC(C)=O)C[C@@](C)(OC(C)=O)[C@H](OC(C)=O)[C@@H]2[C@H]1OC(C)=O. The van der Waals surface area contributed by atoms with Crippen molar-refractivity contribution in [2.75, 3.05) is 0 Å². The highest BCUT2D eigenvalue weighted by Gasteiger charge is 2.74. The van der Waals surface area contributed by atoms with Crippen LogP contribution in [0.2, 0.25) is 0 Å². The molecule has 3 rings (SSSR count). The van der Waals surface area contributed by atoms with E-state index in [0.29, 0.717) is 0 Å². The molecule has 3 aliphatic rings. The van der Waals surface area contributed by atoms with Gasteiger partial charge in [-0.1, -0.05) is 41.2 Å². The van der Waals surface area contributed by atoms with Gasteiger partial charge in [-0.15, -0.1) is 0 Å². The van der Waals surface area contributed by atoms with Gasteiger partial charge in [0.25, 0.3) is 0 Å². The molecule has 1 saturated heterocycles. The van der Waals surface area contributed by atoms with E-state index < -0.39 is 131 Å². The second-order valence-corrected chi connectivity index (χ2v) is 14.8. The standard InChI is InChI=1S/C36H50O16/c1-15(2)33(44)50-26-16(3)25(45-18(5)37)24-30(47-20(7)39)35(13,51-22(9)41)14-36(24,52-23(10)42)29(43)17(4)27-31(49-27)34(11,12)32(48-21(8)40)28(26)46-19(6)38/h15,17,24-28,30-32H,3,14H2,1-2,4-13H3/t17-,24+,25+,26+,27+,28-,30-,31?,32-,35-,36-/m1/s1. The predicted octanol–water partition coefficient (Wildman–Crippen LogP) is 2.49. The Morgan fingerprint density at radius 3 is 1.67 bits per heavy atom. The van der Waals surface area contributed by atoms with Crippen molar-refractivity contribution in [1.82, 2.24) is 0 Å². The molecule has 1 aliphatic heterocycles. The maximum absolute atomic E-state index is 15.1. The molecule has 11 atom stereocenters. The highest BCUT2D eigenvalue weighted by atomic mass is 16.6. The van der Waals surface area contributed by atoms with Crippen molar-refractivity contribution >= 4 is 47.6 Å². The topological polar surface area (TPSA) is 214 Å². The van der Waals surface area contributed by atoms with Gasteiger partial charge in [-0.05, 0) is 6.92 Å². The lowest BCUT2D eigenvalue weighted by atomic mass is 9.69. The highest BCUT2D eigenvalue weighted by molar-refractivity contribution is 5.93. The number of hydrogen-bond donors (Lipinski definition) is 0. The van der Waals surface area contributed by atoms with Crippen molar-refractivity contribution in [2.24, 2.45) is 23.2 Å². The second-order valence-electron chi connectivity index (χ2n) is 14.8. The summed E-state index contributed by atoms with van der Waals surface area (Å²) >= 11 is 0. The van der Waals surface area contributed by atoms with E-state index in [1.165, 1.54) is 27.7 Å². The van der Waals surface area contributed by atoms with Crippen LogP contribution in [0.1, 0.15) is 89.5 Å². The largest absolute Gasteiger partial charge is 0.458 e. The maximum Gasteiger partial charge on any atom is 0.309 e. The first kappa shape index (κ1) is 42.1. The first-order chi connectivity index (χ1) is 23.8. The summed E-state index contributed by atoms with van der Waals surface area (Å²) in [6.45, 7) is 19.7. The predicted molar refractivity (Wildman–Crippen MR) is 175 cm³/mol. The molecule has 0 aromatic heterocycles. The monoisotopic (exact) mass is 738 g/mol. The van der Waals surface area contributed by atoms with Crippen LogP contribution in [-0.2, 0) is 76.3 Å². The summed E-state index contributed by atoms with van der Waals surface area (Å²) in [5, 5.41) is 0. The molecular weight excluding hydrogens is 688 g/mol. The summed E-state index contributed by atoms with van der Waals surface area (Å²) < 4.78 is 47.0. The molecule has 52 heavy (non-hydrogen) atoms. The van der Waals surface area contributed by atoms with Gasteiger partial charge in [0.15, 0.2) is 41.4 Å². The van der Waals surface area contributed by atoms with Crippen molar-refractivity contribution in [3.05, 3.63) is 12.2 Å². The van der Waals surface area contributed by atoms with E-state index in [1.54, 1.807) is 13.8 Å². The van der Waals surface area contributed by atoms with Crippen molar-refractivity contribution in [3.63, 3.8) is 0 Å². The Bertz CT molecular complexity index is 1510. The molecule has 2 saturated carbocycles. The van der Waals surface area contributed by atoms with Gasteiger partial charge in [0.05, 0.1) is 24.0 Å². The Hall–Kier alpha value is -4.34. The number of ether oxygens (including phenoxy) is 8. The van der Waals surface area contributed by atoms with Crippen molar-refractivity contribution in [1.29, 1.82) is 0 Å². The van der Waals surface area contributed by atoms with Crippen LogP contribution in [0.25, 0.3) is 0 Å². The molecule has 1 unspecified atom stereocenters. The van der Waals surface area contributed by atoms with Gasteiger partial charge < -0.3 is 37.9 Å². The fraction of sp³-hybridized carbons (Fsp3) is 0.722. The summed E-state index contributed by atoms with van der Waals surface area (Å²) in [7, 11) is 0. The summed E-state index contributed by atoms with van der Waals surface area (Å²) in [4.78, 5) is 105. The first-order valence-electron chi connectivity index (χ1n) is 17.0. The van der Waals surface area contributed by atoms with Crippen molar-refractivity contribution in [2.45, 2.75) is 143 Å². The molecule has 0 radical (unpaired) electrons. The van der Waals surface area contributed by atoms with Crippen LogP contribution >= 0.6 is 0 Å². The van der Waals surface area contributed by atoms with Gasteiger partial charge in [-0.25, -0.2) is 0 Å². The van der Waals surface area contributed by atoms with Gasteiger partial charge in [0.2, 0.25) is 0 Å². The minimum Gasteiger partial charge on any atom is -0.458 e. The molecular formula is C36H50O16. The lowest BCUT2D eigenvalue weighted by Gasteiger charge is -2.45. The van der Waals surface area contributed by atoms with E-state index >= 15 is 4.79 Å². The Labute approximate surface area is 302 Å². The Kier molecular flexibility index (Phi) is 12.4. The van der Waals surface area contributed by atoms with Gasteiger partial charge in [-0.2, -0.15) is 0 Å². The minimum absolute atomic E-state index is 0.344.